The fraction of sp³-hybridized carbons (Fsp3) is 0.417. The highest BCUT2D eigenvalue weighted by atomic mass is 16.5. The molecule has 0 spiro atoms. The molecule has 2 N–H and O–H groups in total. The fourth-order valence-corrected chi connectivity index (χ4v) is 1.57. The monoisotopic (exact) mass is 223 g/mol. The second-order valence-electron chi connectivity index (χ2n) is 3.57. The lowest BCUT2D eigenvalue weighted by Crippen LogP contribution is -2.12. The molecule has 0 fully saturated rings. The van der Waals surface area contributed by atoms with E-state index in [9.17, 15) is 4.79 Å². The number of carbonyl (C=O) groups is 1. The molecule has 0 bridgehead atoms. The molecule has 0 aliphatic carbocycles. The lowest BCUT2D eigenvalue weighted by atomic mass is 10.1. The third-order valence-corrected chi connectivity index (χ3v) is 2.25. The Balaban J connectivity index is 3.02. The molecule has 4 nitrogen and oxygen atoms in total. The SMILES string of the molecule is COC(=O)c1cc(C)c(OCCN)c(C)c1. The van der Waals surface area contributed by atoms with Gasteiger partial charge in [-0.15, -0.1) is 0 Å². The zero-order valence-corrected chi connectivity index (χ0v) is 9.87. The molecule has 16 heavy (non-hydrogen) atoms. The van der Waals surface area contributed by atoms with Crippen molar-refractivity contribution in [3.63, 3.8) is 0 Å². The maximum absolute atomic E-state index is 11.4. The van der Waals surface area contributed by atoms with Gasteiger partial charge in [-0.2, -0.15) is 0 Å². The van der Waals surface area contributed by atoms with Gasteiger partial charge in [0, 0.05) is 6.54 Å². The van der Waals surface area contributed by atoms with Gasteiger partial charge in [0.1, 0.15) is 12.4 Å². The van der Waals surface area contributed by atoms with E-state index in [-0.39, 0.29) is 5.97 Å². The van der Waals surface area contributed by atoms with Gasteiger partial charge in [-0.05, 0) is 37.1 Å². The van der Waals surface area contributed by atoms with E-state index in [2.05, 4.69) is 4.74 Å². The lowest BCUT2D eigenvalue weighted by molar-refractivity contribution is 0.0600. The molecule has 1 aromatic rings. The van der Waals surface area contributed by atoms with Crippen molar-refractivity contribution < 1.29 is 14.3 Å². The van der Waals surface area contributed by atoms with Crippen LogP contribution in [0.25, 0.3) is 0 Å². The standard InChI is InChI=1S/C12H17NO3/c1-8-6-10(12(14)15-3)7-9(2)11(8)16-5-4-13/h6-7H,4-5,13H2,1-3H3. The van der Waals surface area contributed by atoms with Crippen LogP contribution in [0.5, 0.6) is 5.75 Å². The van der Waals surface area contributed by atoms with E-state index < -0.39 is 0 Å². The Labute approximate surface area is 95.3 Å². The van der Waals surface area contributed by atoms with Gasteiger partial charge < -0.3 is 15.2 Å². The van der Waals surface area contributed by atoms with Crippen LogP contribution in [0.2, 0.25) is 0 Å². The first kappa shape index (κ1) is 12.5. The highest BCUT2D eigenvalue weighted by Gasteiger charge is 2.11. The molecule has 0 aliphatic rings. The average molecular weight is 223 g/mol. The van der Waals surface area contributed by atoms with E-state index in [0.29, 0.717) is 18.7 Å². The van der Waals surface area contributed by atoms with E-state index in [1.807, 2.05) is 13.8 Å². The smallest absolute Gasteiger partial charge is 0.337 e. The maximum atomic E-state index is 11.4. The van der Waals surface area contributed by atoms with Gasteiger partial charge in [-0.3, -0.25) is 0 Å². The van der Waals surface area contributed by atoms with Crippen molar-refractivity contribution in [2.45, 2.75) is 13.8 Å². The number of carbonyl (C=O) groups excluding carboxylic acids is 1. The first-order valence-electron chi connectivity index (χ1n) is 5.12. The van der Waals surface area contributed by atoms with E-state index in [4.69, 9.17) is 10.5 Å². The largest absolute Gasteiger partial charge is 0.492 e. The summed E-state index contributed by atoms with van der Waals surface area (Å²) >= 11 is 0. The van der Waals surface area contributed by atoms with Crippen molar-refractivity contribution in [2.75, 3.05) is 20.3 Å². The van der Waals surface area contributed by atoms with Crippen LogP contribution in [0.15, 0.2) is 12.1 Å². The molecule has 0 unspecified atom stereocenters. The Bertz CT molecular complexity index is 365. The van der Waals surface area contributed by atoms with Gasteiger partial charge in [-0.1, -0.05) is 0 Å². The molecule has 0 aromatic heterocycles. The molecule has 0 heterocycles. The Morgan fingerprint density at radius 3 is 2.31 bits per heavy atom. The Morgan fingerprint density at radius 2 is 1.88 bits per heavy atom. The lowest BCUT2D eigenvalue weighted by Gasteiger charge is -2.12. The number of ether oxygens (including phenoxy) is 2. The van der Waals surface area contributed by atoms with Gasteiger partial charge >= 0.3 is 5.97 Å². The average Bonchev–Trinajstić information content (AvgIpc) is 2.26. The van der Waals surface area contributed by atoms with Gasteiger partial charge in [-0.25, -0.2) is 4.79 Å². The molecule has 4 heteroatoms. The molecule has 0 atom stereocenters. The minimum atomic E-state index is -0.337. The van der Waals surface area contributed by atoms with Crippen molar-refractivity contribution in [1.82, 2.24) is 0 Å². The van der Waals surface area contributed by atoms with Crippen molar-refractivity contribution in [3.05, 3.63) is 28.8 Å². The predicted octanol–water partition coefficient (Wildman–Crippen LogP) is 1.43. The van der Waals surface area contributed by atoms with Gasteiger partial charge in [0.25, 0.3) is 0 Å². The first-order chi connectivity index (χ1) is 7.60. The van der Waals surface area contributed by atoms with Crippen LogP contribution in [0, 0.1) is 13.8 Å². The van der Waals surface area contributed by atoms with Crippen LogP contribution in [0.3, 0.4) is 0 Å². The summed E-state index contributed by atoms with van der Waals surface area (Å²) in [4.78, 5) is 11.4. The van der Waals surface area contributed by atoms with E-state index in [1.165, 1.54) is 7.11 Å². The van der Waals surface area contributed by atoms with Gasteiger partial charge in [0.2, 0.25) is 0 Å². The van der Waals surface area contributed by atoms with Crippen LogP contribution < -0.4 is 10.5 Å². The maximum Gasteiger partial charge on any atom is 0.337 e. The summed E-state index contributed by atoms with van der Waals surface area (Å²) in [5.74, 6) is 0.453. The minimum absolute atomic E-state index is 0.337. The van der Waals surface area contributed by atoms with E-state index in [1.54, 1.807) is 12.1 Å². The minimum Gasteiger partial charge on any atom is -0.492 e. The van der Waals surface area contributed by atoms with Crippen LogP contribution >= 0.6 is 0 Å². The summed E-state index contributed by atoms with van der Waals surface area (Å²) in [5, 5.41) is 0. The molecular weight excluding hydrogens is 206 g/mol. The molecule has 0 saturated carbocycles. The first-order valence-corrected chi connectivity index (χ1v) is 5.12. The number of methoxy groups -OCH3 is 1. The fourth-order valence-electron chi connectivity index (χ4n) is 1.57. The second-order valence-corrected chi connectivity index (χ2v) is 3.57. The molecular formula is C12H17NO3. The predicted molar refractivity (Wildman–Crippen MR) is 61.8 cm³/mol. The molecule has 1 aromatic carbocycles. The molecule has 0 aliphatic heterocycles. The van der Waals surface area contributed by atoms with Crippen LogP contribution in [-0.2, 0) is 4.74 Å². The third-order valence-electron chi connectivity index (χ3n) is 2.25. The highest BCUT2D eigenvalue weighted by molar-refractivity contribution is 5.90. The Hall–Kier alpha value is -1.55. The zero-order valence-electron chi connectivity index (χ0n) is 9.87. The number of esters is 1. The quantitative estimate of drug-likeness (QED) is 0.784. The number of aryl methyl sites for hydroxylation is 2. The van der Waals surface area contributed by atoms with Crippen molar-refractivity contribution in [3.8, 4) is 5.75 Å². The summed E-state index contributed by atoms with van der Waals surface area (Å²) in [6.07, 6.45) is 0. The summed E-state index contributed by atoms with van der Waals surface area (Å²) in [6, 6.07) is 3.51. The number of rotatable bonds is 4. The second kappa shape index (κ2) is 5.51. The van der Waals surface area contributed by atoms with Crippen LogP contribution in [0.1, 0.15) is 21.5 Å². The molecule has 1 rings (SSSR count). The van der Waals surface area contributed by atoms with Crippen LogP contribution in [0.4, 0.5) is 0 Å². The number of nitrogens with two attached hydrogens (primary N) is 1. The van der Waals surface area contributed by atoms with E-state index >= 15 is 0 Å². The van der Waals surface area contributed by atoms with Gasteiger partial charge in [0.15, 0.2) is 0 Å². The zero-order chi connectivity index (χ0) is 12.1. The van der Waals surface area contributed by atoms with E-state index in [0.717, 1.165) is 16.9 Å². The van der Waals surface area contributed by atoms with Crippen molar-refractivity contribution >= 4 is 5.97 Å². The summed E-state index contributed by atoms with van der Waals surface area (Å²) in [5.41, 5.74) is 7.74. The molecule has 0 saturated heterocycles. The van der Waals surface area contributed by atoms with Crippen molar-refractivity contribution in [2.24, 2.45) is 5.73 Å². The molecule has 0 amide bonds. The number of hydrogen-bond donors (Lipinski definition) is 1. The number of hydrogen-bond acceptors (Lipinski definition) is 4. The van der Waals surface area contributed by atoms with Gasteiger partial charge in [0.05, 0.1) is 12.7 Å². The topological polar surface area (TPSA) is 61.5 Å². The Morgan fingerprint density at radius 1 is 1.31 bits per heavy atom. The molecule has 0 radical (unpaired) electrons. The molecule has 88 valence electrons. The highest BCUT2D eigenvalue weighted by Crippen LogP contribution is 2.24. The third kappa shape index (κ3) is 2.73. The number of benzene rings is 1. The summed E-state index contributed by atoms with van der Waals surface area (Å²) in [6.45, 7) is 4.73. The van der Waals surface area contributed by atoms with Crippen molar-refractivity contribution in [1.29, 1.82) is 0 Å². The summed E-state index contributed by atoms with van der Waals surface area (Å²) in [7, 11) is 1.37. The normalized spacial score (nSPS) is 10.0. The Kier molecular flexibility index (Phi) is 4.31. The van der Waals surface area contributed by atoms with Crippen LogP contribution in [-0.4, -0.2) is 26.2 Å². The summed E-state index contributed by atoms with van der Waals surface area (Å²) < 4.78 is 10.2.